The molecule has 0 aliphatic carbocycles. The van der Waals surface area contributed by atoms with Gasteiger partial charge in [0.05, 0.1) is 17.6 Å². The van der Waals surface area contributed by atoms with Gasteiger partial charge in [0.15, 0.2) is 0 Å². The molecule has 5 heteroatoms. The summed E-state index contributed by atoms with van der Waals surface area (Å²) in [6, 6.07) is 1.55. The number of amides is 2. The topological polar surface area (TPSA) is 71.2 Å². The zero-order chi connectivity index (χ0) is 11.3. The summed E-state index contributed by atoms with van der Waals surface area (Å²) in [7, 11) is 1.68. The lowest BCUT2D eigenvalue weighted by molar-refractivity contribution is 0.247. The van der Waals surface area contributed by atoms with Gasteiger partial charge < -0.3 is 11.1 Å². The summed E-state index contributed by atoms with van der Waals surface area (Å²) in [6.07, 6.45) is 4.04. The van der Waals surface area contributed by atoms with Gasteiger partial charge in [0.25, 0.3) is 0 Å². The Hall–Kier alpha value is -1.78. The van der Waals surface area contributed by atoms with Crippen LogP contribution in [-0.2, 0) is 0 Å². The number of carbonyl (C=O) groups is 1. The minimum absolute atomic E-state index is 0.158. The quantitative estimate of drug-likeness (QED) is 0.784. The van der Waals surface area contributed by atoms with Gasteiger partial charge in [0.1, 0.15) is 0 Å². The molecule has 0 fully saturated rings. The zero-order valence-electron chi connectivity index (χ0n) is 9.03. The average molecular weight is 208 g/mol. The number of aromatic nitrogens is 1. The van der Waals surface area contributed by atoms with Gasteiger partial charge in [-0.1, -0.05) is 6.92 Å². The molecule has 5 nitrogen and oxygen atoms in total. The second-order valence-corrected chi connectivity index (χ2v) is 3.23. The molecule has 1 aromatic rings. The SMILES string of the molecule is CCCNC(=O)N(C)c1ccncc1N. The van der Waals surface area contributed by atoms with Crippen molar-refractivity contribution in [3.8, 4) is 0 Å². The summed E-state index contributed by atoms with van der Waals surface area (Å²) < 4.78 is 0. The van der Waals surface area contributed by atoms with E-state index in [-0.39, 0.29) is 6.03 Å². The van der Waals surface area contributed by atoms with E-state index in [0.717, 1.165) is 6.42 Å². The molecule has 2 amide bonds. The first-order valence-corrected chi connectivity index (χ1v) is 4.87. The maximum absolute atomic E-state index is 11.6. The Bertz CT molecular complexity index is 340. The molecule has 82 valence electrons. The fourth-order valence-electron chi connectivity index (χ4n) is 1.16. The van der Waals surface area contributed by atoms with Gasteiger partial charge in [-0.15, -0.1) is 0 Å². The lowest BCUT2D eigenvalue weighted by Gasteiger charge is -2.19. The van der Waals surface area contributed by atoms with Crippen LogP contribution in [0.2, 0.25) is 0 Å². The molecule has 1 heterocycles. The van der Waals surface area contributed by atoms with Gasteiger partial charge >= 0.3 is 6.03 Å². The Morgan fingerprint density at radius 3 is 3.00 bits per heavy atom. The summed E-state index contributed by atoms with van der Waals surface area (Å²) >= 11 is 0. The Kier molecular flexibility index (Phi) is 3.91. The van der Waals surface area contributed by atoms with Crippen molar-refractivity contribution in [3.63, 3.8) is 0 Å². The van der Waals surface area contributed by atoms with Crippen molar-refractivity contribution >= 4 is 17.4 Å². The number of hydrogen-bond acceptors (Lipinski definition) is 3. The standard InChI is InChI=1S/C10H16N4O/c1-3-5-13-10(15)14(2)9-4-6-12-7-8(9)11/h4,6-7H,3,5,11H2,1-2H3,(H,13,15). The summed E-state index contributed by atoms with van der Waals surface area (Å²) in [5, 5.41) is 2.77. The zero-order valence-corrected chi connectivity index (χ0v) is 9.03. The first kappa shape index (κ1) is 11.3. The number of urea groups is 1. The minimum atomic E-state index is -0.158. The van der Waals surface area contributed by atoms with Crippen LogP contribution in [-0.4, -0.2) is 24.6 Å². The Morgan fingerprint density at radius 2 is 2.40 bits per heavy atom. The van der Waals surface area contributed by atoms with Crippen molar-refractivity contribution in [1.29, 1.82) is 0 Å². The predicted molar refractivity (Wildman–Crippen MR) is 60.7 cm³/mol. The molecular formula is C10H16N4O. The number of nitrogens with zero attached hydrogens (tertiary/aromatic N) is 2. The van der Waals surface area contributed by atoms with E-state index < -0.39 is 0 Å². The summed E-state index contributed by atoms with van der Waals surface area (Å²) in [4.78, 5) is 16.9. The molecule has 1 rings (SSSR count). The van der Waals surface area contributed by atoms with Crippen LogP contribution < -0.4 is 16.0 Å². The summed E-state index contributed by atoms with van der Waals surface area (Å²) in [5.74, 6) is 0. The first-order valence-electron chi connectivity index (χ1n) is 4.87. The van der Waals surface area contributed by atoms with Crippen LogP contribution in [0.5, 0.6) is 0 Å². The lowest BCUT2D eigenvalue weighted by atomic mass is 10.3. The van der Waals surface area contributed by atoms with Gasteiger partial charge in [-0.25, -0.2) is 4.79 Å². The van der Waals surface area contributed by atoms with E-state index in [0.29, 0.717) is 17.9 Å². The second-order valence-electron chi connectivity index (χ2n) is 3.23. The van der Waals surface area contributed by atoms with Crippen molar-refractivity contribution in [1.82, 2.24) is 10.3 Å². The molecule has 1 aromatic heterocycles. The van der Waals surface area contributed by atoms with Gasteiger partial charge in [-0.2, -0.15) is 0 Å². The molecule has 3 N–H and O–H groups in total. The highest BCUT2D eigenvalue weighted by Gasteiger charge is 2.11. The maximum Gasteiger partial charge on any atom is 0.321 e. The van der Waals surface area contributed by atoms with E-state index in [4.69, 9.17) is 5.73 Å². The third-order valence-electron chi connectivity index (χ3n) is 2.02. The Labute approximate surface area is 89.3 Å². The molecule has 0 saturated carbocycles. The second kappa shape index (κ2) is 5.19. The smallest absolute Gasteiger partial charge is 0.321 e. The Morgan fingerprint density at radius 1 is 1.67 bits per heavy atom. The van der Waals surface area contributed by atoms with Crippen LogP contribution in [0.3, 0.4) is 0 Å². The van der Waals surface area contributed by atoms with Crippen LogP contribution in [0.4, 0.5) is 16.2 Å². The number of nitrogens with two attached hydrogens (primary N) is 1. The lowest BCUT2D eigenvalue weighted by Crippen LogP contribution is -2.37. The van der Waals surface area contributed by atoms with Crippen molar-refractivity contribution in [2.75, 3.05) is 24.2 Å². The fourth-order valence-corrected chi connectivity index (χ4v) is 1.16. The minimum Gasteiger partial charge on any atom is -0.396 e. The highest BCUT2D eigenvalue weighted by molar-refractivity contribution is 5.94. The third-order valence-corrected chi connectivity index (χ3v) is 2.02. The molecule has 0 saturated heterocycles. The van der Waals surface area contributed by atoms with E-state index in [9.17, 15) is 4.79 Å². The van der Waals surface area contributed by atoms with Crippen LogP contribution in [0, 0.1) is 0 Å². The highest BCUT2D eigenvalue weighted by Crippen LogP contribution is 2.19. The van der Waals surface area contributed by atoms with E-state index in [1.54, 1.807) is 19.3 Å². The molecule has 0 unspecified atom stereocenters. The van der Waals surface area contributed by atoms with E-state index in [2.05, 4.69) is 10.3 Å². The van der Waals surface area contributed by atoms with Crippen LogP contribution >= 0.6 is 0 Å². The van der Waals surface area contributed by atoms with Crippen LogP contribution in [0.1, 0.15) is 13.3 Å². The van der Waals surface area contributed by atoms with Crippen molar-refractivity contribution in [2.24, 2.45) is 0 Å². The number of rotatable bonds is 3. The molecular weight excluding hydrogens is 192 g/mol. The first-order chi connectivity index (χ1) is 7.16. The van der Waals surface area contributed by atoms with Gasteiger partial charge in [-0.05, 0) is 12.5 Å². The number of anilines is 2. The van der Waals surface area contributed by atoms with Gasteiger partial charge in [0, 0.05) is 19.8 Å². The predicted octanol–water partition coefficient (Wildman–Crippen LogP) is 1.22. The van der Waals surface area contributed by atoms with Crippen molar-refractivity contribution < 1.29 is 4.79 Å². The number of nitrogen functional groups attached to an aromatic ring is 1. The summed E-state index contributed by atoms with van der Waals surface area (Å²) in [5.41, 5.74) is 6.86. The fraction of sp³-hybridized carbons (Fsp3) is 0.400. The van der Waals surface area contributed by atoms with E-state index >= 15 is 0 Å². The number of nitrogens with one attached hydrogen (secondary N) is 1. The highest BCUT2D eigenvalue weighted by atomic mass is 16.2. The van der Waals surface area contributed by atoms with E-state index in [1.807, 2.05) is 6.92 Å². The van der Waals surface area contributed by atoms with Crippen LogP contribution in [0.15, 0.2) is 18.5 Å². The van der Waals surface area contributed by atoms with Crippen LogP contribution in [0.25, 0.3) is 0 Å². The Balaban J connectivity index is 2.72. The molecule has 0 aromatic carbocycles. The van der Waals surface area contributed by atoms with Gasteiger partial charge in [-0.3, -0.25) is 9.88 Å². The molecule has 0 atom stereocenters. The number of carbonyl (C=O) groups excluding carboxylic acids is 1. The van der Waals surface area contributed by atoms with Crippen molar-refractivity contribution in [2.45, 2.75) is 13.3 Å². The molecule has 0 aliphatic heterocycles. The molecule has 0 spiro atoms. The monoisotopic (exact) mass is 208 g/mol. The van der Waals surface area contributed by atoms with Gasteiger partial charge in [0.2, 0.25) is 0 Å². The summed E-state index contributed by atoms with van der Waals surface area (Å²) in [6.45, 7) is 2.66. The number of pyridine rings is 1. The average Bonchev–Trinajstić information content (AvgIpc) is 2.25. The largest absolute Gasteiger partial charge is 0.396 e. The molecule has 0 radical (unpaired) electrons. The molecule has 0 aliphatic rings. The van der Waals surface area contributed by atoms with E-state index in [1.165, 1.54) is 11.1 Å². The molecule has 0 bridgehead atoms. The molecule has 15 heavy (non-hydrogen) atoms. The number of hydrogen-bond donors (Lipinski definition) is 2. The third kappa shape index (κ3) is 2.83. The maximum atomic E-state index is 11.6. The normalized spacial score (nSPS) is 9.73. The van der Waals surface area contributed by atoms with Crippen molar-refractivity contribution in [3.05, 3.63) is 18.5 Å².